The van der Waals surface area contributed by atoms with Crippen LogP contribution in [-0.4, -0.2) is 17.1 Å². The molecule has 0 radical (unpaired) electrons. The van der Waals surface area contributed by atoms with Crippen LogP contribution in [0.15, 0.2) is 60.8 Å². The van der Waals surface area contributed by atoms with Crippen molar-refractivity contribution in [1.29, 1.82) is 0 Å². The van der Waals surface area contributed by atoms with Crippen molar-refractivity contribution in [2.75, 3.05) is 11.9 Å². The van der Waals surface area contributed by atoms with Crippen molar-refractivity contribution in [3.63, 3.8) is 0 Å². The first-order valence-corrected chi connectivity index (χ1v) is 8.27. The molecule has 2 aromatic carbocycles. The van der Waals surface area contributed by atoms with Crippen LogP contribution < -0.4 is 5.32 Å². The van der Waals surface area contributed by atoms with Crippen molar-refractivity contribution in [1.82, 2.24) is 4.57 Å². The second-order valence-electron chi connectivity index (χ2n) is 5.66. The van der Waals surface area contributed by atoms with Crippen LogP contribution in [0.5, 0.6) is 0 Å². The largest absolute Gasteiger partial charge is 0.377 e. The number of aryl methyl sites for hydroxylation is 1. The van der Waals surface area contributed by atoms with Gasteiger partial charge in [0.25, 0.3) is 0 Å². The smallest absolute Gasteiger partial charge is 0.226 e. The molecule has 3 aromatic rings. The van der Waals surface area contributed by atoms with Crippen LogP contribution in [0.4, 0.5) is 5.69 Å². The Hall–Kier alpha value is -2.59. The van der Waals surface area contributed by atoms with Crippen LogP contribution >= 0.6 is 0 Å². The third-order valence-corrected chi connectivity index (χ3v) is 4.01. The van der Waals surface area contributed by atoms with E-state index in [1.807, 2.05) is 49.5 Å². The van der Waals surface area contributed by atoms with Crippen LogP contribution in [-0.2, 0) is 22.7 Å². The normalized spacial score (nSPS) is 10.9. The molecule has 0 spiro atoms. The summed E-state index contributed by atoms with van der Waals surface area (Å²) in [6.07, 6.45) is 2.46. The Morgan fingerprint density at radius 3 is 2.75 bits per heavy atom. The maximum Gasteiger partial charge on any atom is 0.226 e. The molecule has 0 unspecified atom stereocenters. The summed E-state index contributed by atoms with van der Waals surface area (Å²) >= 11 is 0. The molecule has 24 heavy (non-hydrogen) atoms. The fraction of sp³-hybridized carbons (Fsp3) is 0.250. The van der Waals surface area contributed by atoms with Gasteiger partial charge in [0.1, 0.15) is 0 Å². The third kappa shape index (κ3) is 3.84. The molecule has 0 aliphatic carbocycles. The Balaban J connectivity index is 1.62. The molecule has 1 aromatic heterocycles. The standard InChI is InChI=1S/C20H22N2O2/c1-2-24-15-17-8-3-5-9-18(17)21-20(23)12-14-22-13-11-16-7-4-6-10-19(16)22/h3-11,13H,2,12,14-15H2,1H3,(H,21,23). The van der Waals surface area contributed by atoms with Gasteiger partial charge in [0.15, 0.2) is 0 Å². The van der Waals surface area contributed by atoms with Gasteiger partial charge in [-0.3, -0.25) is 4.79 Å². The first-order valence-electron chi connectivity index (χ1n) is 8.27. The number of amides is 1. The summed E-state index contributed by atoms with van der Waals surface area (Å²) in [6.45, 7) is 3.79. The summed E-state index contributed by atoms with van der Waals surface area (Å²) in [5.41, 5.74) is 2.98. The Labute approximate surface area is 142 Å². The molecule has 0 aliphatic heterocycles. The summed E-state index contributed by atoms with van der Waals surface area (Å²) < 4.78 is 7.57. The zero-order valence-corrected chi connectivity index (χ0v) is 13.9. The quantitative estimate of drug-likeness (QED) is 0.708. The molecule has 124 valence electrons. The second kappa shape index (κ2) is 7.79. The lowest BCUT2D eigenvalue weighted by Gasteiger charge is -2.11. The number of anilines is 1. The highest BCUT2D eigenvalue weighted by molar-refractivity contribution is 5.91. The minimum atomic E-state index is 0.0109. The average molecular weight is 322 g/mol. The fourth-order valence-electron chi connectivity index (χ4n) is 2.75. The molecule has 0 fully saturated rings. The Bertz CT molecular complexity index is 823. The van der Waals surface area contributed by atoms with Crippen LogP contribution in [0.2, 0.25) is 0 Å². The molecule has 1 N–H and O–H groups in total. The van der Waals surface area contributed by atoms with Gasteiger partial charge >= 0.3 is 0 Å². The monoisotopic (exact) mass is 322 g/mol. The number of hydrogen-bond donors (Lipinski definition) is 1. The van der Waals surface area contributed by atoms with E-state index in [2.05, 4.69) is 28.1 Å². The van der Waals surface area contributed by atoms with Gasteiger partial charge < -0.3 is 14.6 Å². The minimum Gasteiger partial charge on any atom is -0.377 e. The lowest BCUT2D eigenvalue weighted by molar-refractivity contribution is -0.116. The predicted octanol–water partition coefficient (Wildman–Crippen LogP) is 4.21. The molecule has 0 saturated heterocycles. The van der Waals surface area contributed by atoms with E-state index in [0.717, 1.165) is 16.8 Å². The van der Waals surface area contributed by atoms with E-state index in [1.165, 1.54) is 5.39 Å². The Morgan fingerprint density at radius 1 is 1.08 bits per heavy atom. The van der Waals surface area contributed by atoms with Crippen LogP contribution in [0.1, 0.15) is 18.9 Å². The number of ether oxygens (including phenoxy) is 1. The number of rotatable bonds is 7. The number of nitrogens with one attached hydrogen (secondary N) is 1. The summed E-state index contributed by atoms with van der Waals surface area (Å²) in [4.78, 5) is 12.3. The molecular formula is C20H22N2O2. The minimum absolute atomic E-state index is 0.0109. The van der Waals surface area contributed by atoms with Gasteiger partial charge in [0, 0.05) is 42.5 Å². The van der Waals surface area contributed by atoms with Gasteiger partial charge in [0.05, 0.1) is 6.61 Å². The molecule has 4 heteroatoms. The highest BCUT2D eigenvalue weighted by atomic mass is 16.5. The van der Waals surface area contributed by atoms with E-state index in [4.69, 9.17) is 4.74 Å². The molecule has 1 amide bonds. The van der Waals surface area contributed by atoms with E-state index < -0.39 is 0 Å². The van der Waals surface area contributed by atoms with E-state index in [-0.39, 0.29) is 5.91 Å². The Kier molecular flexibility index (Phi) is 5.29. The lowest BCUT2D eigenvalue weighted by atomic mass is 10.2. The van der Waals surface area contributed by atoms with Gasteiger partial charge in [-0.2, -0.15) is 0 Å². The topological polar surface area (TPSA) is 43.3 Å². The van der Waals surface area contributed by atoms with E-state index in [0.29, 0.717) is 26.2 Å². The van der Waals surface area contributed by atoms with Gasteiger partial charge in [-0.05, 0) is 30.5 Å². The first kappa shape index (κ1) is 16.3. The average Bonchev–Trinajstić information content (AvgIpc) is 3.02. The lowest BCUT2D eigenvalue weighted by Crippen LogP contribution is -2.15. The van der Waals surface area contributed by atoms with Crippen molar-refractivity contribution in [3.8, 4) is 0 Å². The zero-order valence-electron chi connectivity index (χ0n) is 13.9. The SMILES string of the molecule is CCOCc1ccccc1NC(=O)CCn1ccc2ccccc21. The van der Waals surface area contributed by atoms with E-state index >= 15 is 0 Å². The number of para-hydroxylation sites is 2. The molecule has 1 heterocycles. The van der Waals surface area contributed by atoms with Crippen molar-refractivity contribution >= 4 is 22.5 Å². The number of aromatic nitrogens is 1. The molecule has 0 atom stereocenters. The Morgan fingerprint density at radius 2 is 1.88 bits per heavy atom. The van der Waals surface area contributed by atoms with Gasteiger partial charge in [-0.1, -0.05) is 36.4 Å². The zero-order chi connectivity index (χ0) is 16.8. The molecule has 0 saturated carbocycles. The van der Waals surface area contributed by atoms with Crippen molar-refractivity contribution < 1.29 is 9.53 Å². The highest BCUT2D eigenvalue weighted by Gasteiger charge is 2.08. The molecule has 4 nitrogen and oxygen atoms in total. The number of carbonyl (C=O) groups is 1. The number of fused-ring (bicyclic) bond motifs is 1. The van der Waals surface area contributed by atoms with E-state index in [1.54, 1.807) is 0 Å². The van der Waals surface area contributed by atoms with Gasteiger partial charge in [-0.15, -0.1) is 0 Å². The molecule has 3 rings (SSSR count). The maximum absolute atomic E-state index is 12.3. The summed E-state index contributed by atoms with van der Waals surface area (Å²) in [7, 11) is 0. The summed E-state index contributed by atoms with van der Waals surface area (Å²) in [6, 6.07) is 18.0. The van der Waals surface area contributed by atoms with Crippen molar-refractivity contribution in [2.24, 2.45) is 0 Å². The number of nitrogens with zero attached hydrogens (tertiary/aromatic N) is 1. The second-order valence-corrected chi connectivity index (χ2v) is 5.66. The number of benzene rings is 2. The summed E-state index contributed by atoms with van der Waals surface area (Å²) in [5.74, 6) is 0.0109. The number of hydrogen-bond acceptors (Lipinski definition) is 2. The molecular weight excluding hydrogens is 300 g/mol. The van der Waals surface area contributed by atoms with Crippen molar-refractivity contribution in [3.05, 3.63) is 66.4 Å². The van der Waals surface area contributed by atoms with Gasteiger partial charge in [-0.25, -0.2) is 0 Å². The number of carbonyl (C=O) groups excluding carboxylic acids is 1. The van der Waals surface area contributed by atoms with Crippen LogP contribution in [0, 0.1) is 0 Å². The predicted molar refractivity (Wildman–Crippen MR) is 97.0 cm³/mol. The van der Waals surface area contributed by atoms with E-state index in [9.17, 15) is 4.79 Å². The molecule has 0 bridgehead atoms. The first-order chi connectivity index (χ1) is 11.8. The third-order valence-electron chi connectivity index (χ3n) is 4.01. The van der Waals surface area contributed by atoms with Crippen LogP contribution in [0.3, 0.4) is 0 Å². The molecule has 0 aliphatic rings. The van der Waals surface area contributed by atoms with Crippen molar-refractivity contribution in [2.45, 2.75) is 26.5 Å². The fourth-order valence-corrected chi connectivity index (χ4v) is 2.75. The summed E-state index contributed by atoms with van der Waals surface area (Å²) in [5, 5.41) is 4.19. The maximum atomic E-state index is 12.3. The van der Waals surface area contributed by atoms with Gasteiger partial charge in [0.2, 0.25) is 5.91 Å². The highest BCUT2D eigenvalue weighted by Crippen LogP contribution is 2.18. The van der Waals surface area contributed by atoms with Crippen LogP contribution in [0.25, 0.3) is 10.9 Å².